The van der Waals surface area contributed by atoms with Crippen molar-refractivity contribution in [2.24, 2.45) is 5.92 Å². The number of aryl methyl sites for hydroxylation is 1. The number of aromatic nitrogens is 2. The molecule has 156 valence electrons. The summed E-state index contributed by atoms with van der Waals surface area (Å²) in [6.07, 6.45) is 1.94. The van der Waals surface area contributed by atoms with E-state index in [0.717, 1.165) is 28.1 Å². The number of nitrogens with zero attached hydrogens (tertiary/aromatic N) is 1. The van der Waals surface area contributed by atoms with Gasteiger partial charge in [-0.1, -0.05) is 50.2 Å². The van der Waals surface area contributed by atoms with Gasteiger partial charge in [-0.2, -0.15) is 0 Å². The number of hydrogen-bond donors (Lipinski definition) is 2. The van der Waals surface area contributed by atoms with Crippen molar-refractivity contribution in [3.63, 3.8) is 0 Å². The van der Waals surface area contributed by atoms with Gasteiger partial charge in [0.15, 0.2) is 5.16 Å². The van der Waals surface area contributed by atoms with Crippen LogP contribution in [0.5, 0.6) is 0 Å². The third-order valence-electron chi connectivity index (χ3n) is 4.78. The molecule has 9 heteroatoms. The highest BCUT2D eigenvalue weighted by molar-refractivity contribution is 7.99. The van der Waals surface area contributed by atoms with E-state index in [-0.39, 0.29) is 17.0 Å². The number of benzene rings is 1. The van der Waals surface area contributed by atoms with Crippen LogP contribution in [-0.4, -0.2) is 30.7 Å². The summed E-state index contributed by atoms with van der Waals surface area (Å²) >= 11 is 2.88. The first kappa shape index (κ1) is 22.0. The van der Waals surface area contributed by atoms with Crippen molar-refractivity contribution in [3.8, 4) is 0 Å². The van der Waals surface area contributed by atoms with Crippen molar-refractivity contribution in [1.29, 1.82) is 0 Å². The van der Waals surface area contributed by atoms with E-state index >= 15 is 0 Å². The number of rotatable bonds is 9. The Morgan fingerprint density at radius 1 is 1.28 bits per heavy atom. The molecule has 3 rings (SSSR count). The van der Waals surface area contributed by atoms with Gasteiger partial charge in [-0.05, 0) is 37.0 Å². The van der Waals surface area contributed by atoms with Crippen LogP contribution < -0.4 is 10.3 Å². The molecule has 2 aromatic heterocycles. The van der Waals surface area contributed by atoms with Gasteiger partial charge in [0.1, 0.15) is 4.83 Å². The van der Waals surface area contributed by atoms with Gasteiger partial charge in [0.25, 0.3) is 5.56 Å². The molecular formula is C20H25N3O3S3. The van der Waals surface area contributed by atoms with Gasteiger partial charge in [-0.3, -0.25) is 4.79 Å². The van der Waals surface area contributed by atoms with E-state index in [9.17, 15) is 13.2 Å². The second-order valence-electron chi connectivity index (χ2n) is 6.96. The number of thioether (sulfide) groups is 1. The number of sulfonamides is 1. The molecule has 1 unspecified atom stereocenters. The number of fused-ring (bicyclic) bond motifs is 1. The highest BCUT2D eigenvalue weighted by Gasteiger charge is 2.17. The first-order valence-corrected chi connectivity index (χ1v) is 12.8. The molecule has 6 nitrogen and oxygen atoms in total. The number of thiophene rings is 1. The molecule has 0 bridgehead atoms. The van der Waals surface area contributed by atoms with Crippen molar-refractivity contribution in [3.05, 3.63) is 51.1 Å². The second kappa shape index (κ2) is 9.42. The summed E-state index contributed by atoms with van der Waals surface area (Å²) in [6, 6.07) is 8.25. The van der Waals surface area contributed by atoms with Gasteiger partial charge in [-0.25, -0.2) is 18.1 Å². The number of nitrogens with one attached hydrogen (secondary N) is 2. The summed E-state index contributed by atoms with van der Waals surface area (Å²) in [5.74, 6) is 0.975. The Morgan fingerprint density at radius 3 is 2.69 bits per heavy atom. The van der Waals surface area contributed by atoms with Crippen LogP contribution in [0.25, 0.3) is 10.2 Å². The van der Waals surface area contributed by atoms with Gasteiger partial charge in [0.2, 0.25) is 10.0 Å². The van der Waals surface area contributed by atoms with Gasteiger partial charge in [0.05, 0.1) is 10.3 Å². The Bertz CT molecular complexity index is 1140. The maximum Gasteiger partial charge on any atom is 0.260 e. The fourth-order valence-corrected chi connectivity index (χ4v) is 5.98. The third kappa shape index (κ3) is 5.28. The van der Waals surface area contributed by atoms with E-state index in [1.165, 1.54) is 11.8 Å². The van der Waals surface area contributed by atoms with Crippen molar-refractivity contribution in [2.45, 2.75) is 43.7 Å². The van der Waals surface area contributed by atoms with Crippen LogP contribution in [0.1, 0.15) is 30.7 Å². The molecule has 1 aromatic carbocycles. The molecule has 0 aliphatic heterocycles. The second-order valence-corrected chi connectivity index (χ2v) is 11.0. The van der Waals surface area contributed by atoms with E-state index in [2.05, 4.69) is 28.5 Å². The fourth-order valence-electron chi connectivity index (χ4n) is 2.97. The first-order chi connectivity index (χ1) is 13.8. The fraction of sp³-hybridized carbons (Fsp3) is 0.400. The Labute approximate surface area is 179 Å². The lowest BCUT2D eigenvalue weighted by molar-refractivity contribution is 0.561. The van der Waals surface area contributed by atoms with Crippen molar-refractivity contribution < 1.29 is 8.42 Å². The number of hydrogen-bond acceptors (Lipinski definition) is 6. The third-order valence-corrected chi connectivity index (χ3v) is 8.17. The zero-order valence-electron chi connectivity index (χ0n) is 16.7. The summed E-state index contributed by atoms with van der Waals surface area (Å²) in [4.78, 5) is 22.2. The lowest BCUT2D eigenvalue weighted by atomic mass is 9.98. The Balaban J connectivity index is 1.68. The van der Waals surface area contributed by atoms with Gasteiger partial charge in [-0.15, -0.1) is 11.3 Å². The smallest absolute Gasteiger partial charge is 0.260 e. The molecule has 0 spiro atoms. The molecule has 2 heterocycles. The first-order valence-electron chi connectivity index (χ1n) is 9.51. The van der Waals surface area contributed by atoms with Gasteiger partial charge < -0.3 is 4.98 Å². The highest BCUT2D eigenvalue weighted by atomic mass is 32.2. The molecule has 1 atom stereocenters. The molecule has 0 aliphatic carbocycles. The molecule has 0 fully saturated rings. The molecule has 0 saturated heterocycles. The molecule has 2 N–H and O–H groups in total. The van der Waals surface area contributed by atoms with E-state index in [0.29, 0.717) is 22.2 Å². The summed E-state index contributed by atoms with van der Waals surface area (Å²) in [7, 11) is -3.53. The van der Waals surface area contributed by atoms with Gasteiger partial charge >= 0.3 is 0 Å². The SMILES string of the molecule is CCC(C)Cc1c(C)sc2nc(SCCNS(=O)(=O)c3ccccc3)[nH]c(=O)c12. The topological polar surface area (TPSA) is 91.9 Å². The minimum atomic E-state index is -3.53. The highest BCUT2D eigenvalue weighted by Crippen LogP contribution is 2.30. The van der Waals surface area contributed by atoms with Crippen LogP contribution in [0.15, 0.2) is 45.2 Å². The summed E-state index contributed by atoms with van der Waals surface area (Å²) < 4.78 is 27.0. The van der Waals surface area contributed by atoms with E-state index in [4.69, 9.17) is 0 Å². The predicted molar refractivity (Wildman–Crippen MR) is 120 cm³/mol. The Hall–Kier alpha value is -1.68. The van der Waals surface area contributed by atoms with Crippen molar-refractivity contribution >= 4 is 43.3 Å². The van der Waals surface area contributed by atoms with Crippen LogP contribution in [0.2, 0.25) is 0 Å². The summed E-state index contributed by atoms with van der Waals surface area (Å²) in [6.45, 7) is 6.62. The number of aromatic amines is 1. The molecule has 0 saturated carbocycles. The Morgan fingerprint density at radius 2 is 2.00 bits per heavy atom. The normalized spacial score (nSPS) is 13.1. The summed E-state index contributed by atoms with van der Waals surface area (Å²) in [5.41, 5.74) is 0.977. The molecule has 0 radical (unpaired) electrons. The molecule has 0 amide bonds. The van der Waals surface area contributed by atoms with E-state index < -0.39 is 10.0 Å². The number of H-pyrrole nitrogens is 1. The molecule has 0 aliphatic rings. The minimum Gasteiger partial charge on any atom is -0.301 e. The molecule has 3 aromatic rings. The lowest BCUT2D eigenvalue weighted by Gasteiger charge is -2.08. The average molecular weight is 452 g/mol. The van der Waals surface area contributed by atoms with Gasteiger partial charge in [0, 0.05) is 17.2 Å². The van der Waals surface area contributed by atoms with Crippen LogP contribution in [-0.2, 0) is 16.4 Å². The standard InChI is InChI=1S/C20H25N3O3S3/c1-4-13(2)12-16-14(3)28-19-17(16)18(24)22-20(23-19)27-11-10-21-29(25,26)15-8-6-5-7-9-15/h5-9,13,21H,4,10-12H2,1-3H3,(H,22,23,24). The van der Waals surface area contributed by atoms with Crippen LogP contribution in [0.3, 0.4) is 0 Å². The molecular weight excluding hydrogens is 426 g/mol. The monoisotopic (exact) mass is 451 g/mol. The van der Waals surface area contributed by atoms with Crippen LogP contribution in [0.4, 0.5) is 0 Å². The summed E-state index contributed by atoms with van der Waals surface area (Å²) in [5, 5.41) is 1.21. The zero-order chi connectivity index (χ0) is 21.0. The van der Waals surface area contributed by atoms with Crippen LogP contribution in [0, 0.1) is 12.8 Å². The van der Waals surface area contributed by atoms with E-state index in [1.807, 2.05) is 6.92 Å². The lowest BCUT2D eigenvalue weighted by Crippen LogP contribution is -2.26. The average Bonchev–Trinajstić information content (AvgIpc) is 3.01. The molecule has 29 heavy (non-hydrogen) atoms. The predicted octanol–water partition coefficient (Wildman–Crippen LogP) is 3.95. The maximum atomic E-state index is 12.7. The van der Waals surface area contributed by atoms with Crippen molar-refractivity contribution in [1.82, 2.24) is 14.7 Å². The van der Waals surface area contributed by atoms with Crippen LogP contribution >= 0.6 is 23.1 Å². The Kier molecular flexibility index (Phi) is 7.15. The van der Waals surface area contributed by atoms with E-state index in [1.54, 1.807) is 41.7 Å². The van der Waals surface area contributed by atoms with Crippen molar-refractivity contribution in [2.75, 3.05) is 12.3 Å². The quantitative estimate of drug-likeness (QED) is 0.292. The largest absolute Gasteiger partial charge is 0.301 e. The minimum absolute atomic E-state index is 0.120. The maximum absolute atomic E-state index is 12.7. The zero-order valence-corrected chi connectivity index (χ0v) is 19.1.